The van der Waals surface area contributed by atoms with Gasteiger partial charge in [0, 0.05) is 5.69 Å². The molecule has 0 saturated heterocycles. The van der Waals surface area contributed by atoms with Crippen LogP contribution in [0.25, 0.3) is 5.69 Å². The number of aromatic nitrogens is 4. The van der Waals surface area contributed by atoms with Gasteiger partial charge in [-0.05, 0) is 67.1 Å². The molecule has 2 aromatic carbocycles. The number of nitrogens with one attached hydrogen (secondary N) is 1. The second kappa shape index (κ2) is 7.71. The zero-order valence-electron chi connectivity index (χ0n) is 14.9. The van der Waals surface area contributed by atoms with Crippen LogP contribution in [0.15, 0.2) is 36.4 Å². The van der Waals surface area contributed by atoms with Crippen molar-refractivity contribution in [2.24, 2.45) is 0 Å². The predicted molar refractivity (Wildman–Crippen MR) is 98.8 cm³/mol. The molecule has 3 aromatic rings. The number of benzene rings is 2. The molecule has 9 heteroatoms. The Kier molecular flexibility index (Phi) is 5.36. The van der Waals surface area contributed by atoms with Crippen molar-refractivity contribution in [3.05, 3.63) is 58.6 Å². The number of hydrogen-bond acceptors (Lipinski definition) is 5. The van der Waals surface area contributed by atoms with Gasteiger partial charge in [-0.3, -0.25) is 4.79 Å². The van der Waals surface area contributed by atoms with E-state index < -0.39 is 17.8 Å². The average Bonchev–Trinajstić information content (AvgIpc) is 3.05. The molecule has 0 saturated carbocycles. The molecule has 0 aliphatic rings. The smallest absolute Gasteiger partial charge is 0.265 e. The van der Waals surface area contributed by atoms with E-state index in [9.17, 15) is 9.18 Å². The highest BCUT2D eigenvalue weighted by Gasteiger charge is 2.18. The number of anilines is 1. The zero-order chi connectivity index (χ0) is 19.6. The molecule has 27 heavy (non-hydrogen) atoms. The van der Waals surface area contributed by atoms with Crippen LogP contribution in [-0.2, 0) is 4.79 Å². The van der Waals surface area contributed by atoms with Crippen LogP contribution < -0.4 is 10.1 Å². The van der Waals surface area contributed by atoms with Gasteiger partial charge in [-0.25, -0.2) is 4.39 Å². The van der Waals surface area contributed by atoms with Crippen molar-refractivity contribution in [1.29, 1.82) is 0 Å². The molecule has 3 rings (SSSR count). The minimum Gasteiger partial charge on any atom is -0.479 e. The van der Waals surface area contributed by atoms with Gasteiger partial charge in [0.1, 0.15) is 17.3 Å². The highest BCUT2D eigenvalue weighted by molar-refractivity contribution is 6.32. The van der Waals surface area contributed by atoms with E-state index in [-0.39, 0.29) is 5.69 Å². The summed E-state index contributed by atoms with van der Waals surface area (Å²) in [6.07, 6.45) is -0.812. The molecule has 0 aliphatic carbocycles. The summed E-state index contributed by atoms with van der Waals surface area (Å²) < 4.78 is 21.0. The third-order valence-corrected chi connectivity index (χ3v) is 4.14. The number of halogens is 2. The molecule has 0 bridgehead atoms. The van der Waals surface area contributed by atoms with Gasteiger partial charge in [-0.2, -0.15) is 4.68 Å². The Balaban J connectivity index is 1.76. The van der Waals surface area contributed by atoms with Crippen molar-refractivity contribution in [2.75, 3.05) is 5.32 Å². The Morgan fingerprint density at radius 3 is 2.74 bits per heavy atom. The molecule has 1 aromatic heterocycles. The summed E-state index contributed by atoms with van der Waals surface area (Å²) in [6.45, 7) is 5.14. The number of hydrogen-bond donors (Lipinski definition) is 1. The van der Waals surface area contributed by atoms with Gasteiger partial charge >= 0.3 is 0 Å². The first kappa shape index (κ1) is 18.8. The molecule has 1 amide bonds. The topological polar surface area (TPSA) is 81.9 Å². The first-order valence-electron chi connectivity index (χ1n) is 8.13. The van der Waals surface area contributed by atoms with Gasteiger partial charge in [0.25, 0.3) is 5.91 Å². The lowest BCUT2D eigenvalue weighted by atomic mass is 10.2. The van der Waals surface area contributed by atoms with Crippen LogP contribution in [0.5, 0.6) is 5.75 Å². The summed E-state index contributed by atoms with van der Waals surface area (Å²) in [4.78, 5) is 12.4. The van der Waals surface area contributed by atoms with Crippen LogP contribution >= 0.6 is 11.6 Å². The van der Waals surface area contributed by atoms with Crippen LogP contribution in [0.3, 0.4) is 0 Å². The lowest BCUT2D eigenvalue weighted by Crippen LogP contribution is -2.30. The molecule has 0 aliphatic heterocycles. The number of ether oxygens (including phenoxy) is 1. The zero-order valence-corrected chi connectivity index (χ0v) is 15.7. The van der Waals surface area contributed by atoms with Gasteiger partial charge in [-0.1, -0.05) is 17.7 Å². The molecule has 7 nitrogen and oxygen atoms in total. The Morgan fingerprint density at radius 1 is 1.26 bits per heavy atom. The van der Waals surface area contributed by atoms with Crippen LogP contribution in [0.1, 0.15) is 18.3 Å². The van der Waals surface area contributed by atoms with Gasteiger partial charge in [0.15, 0.2) is 11.9 Å². The third kappa shape index (κ3) is 4.22. The van der Waals surface area contributed by atoms with E-state index in [4.69, 9.17) is 16.3 Å². The second-order valence-corrected chi connectivity index (χ2v) is 6.39. The Hall–Kier alpha value is -3.00. The molecule has 0 spiro atoms. The molecule has 0 radical (unpaired) electrons. The van der Waals surface area contributed by atoms with Crippen molar-refractivity contribution < 1.29 is 13.9 Å². The van der Waals surface area contributed by atoms with E-state index >= 15 is 0 Å². The monoisotopic (exact) mass is 389 g/mol. The van der Waals surface area contributed by atoms with E-state index in [0.29, 0.717) is 22.3 Å². The number of amides is 1. The maximum Gasteiger partial charge on any atom is 0.265 e. The Morgan fingerprint density at radius 2 is 2.04 bits per heavy atom. The summed E-state index contributed by atoms with van der Waals surface area (Å²) in [5.41, 5.74) is 1.48. The van der Waals surface area contributed by atoms with Crippen LogP contribution in [0.4, 0.5) is 10.1 Å². The van der Waals surface area contributed by atoms with Crippen molar-refractivity contribution in [3.8, 4) is 11.4 Å². The maximum absolute atomic E-state index is 14.1. The second-order valence-electron chi connectivity index (χ2n) is 5.99. The molecule has 0 fully saturated rings. The van der Waals surface area contributed by atoms with E-state index in [1.165, 1.54) is 22.9 Å². The summed E-state index contributed by atoms with van der Waals surface area (Å²) >= 11 is 6.10. The largest absolute Gasteiger partial charge is 0.479 e. The third-order valence-electron chi connectivity index (χ3n) is 3.83. The van der Waals surface area contributed by atoms with Crippen LogP contribution in [-0.4, -0.2) is 32.2 Å². The molecule has 1 unspecified atom stereocenters. The fourth-order valence-corrected chi connectivity index (χ4v) is 2.56. The number of nitrogens with zero attached hydrogens (tertiary/aromatic N) is 4. The molecule has 1 N–H and O–H groups in total. The van der Waals surface area contributed by atoms with E-state index in [1.54, 1.807) is 26.0 Å². The lowest BCUT2D eigenvalue weighted by molar-refractivity contribution is -0.122. The Labute approximate surface area is 160 Å². The fourth-order valence-electron chi connectivity index (χ4n) is 2.40. The van der Waals surface area contributed by atoms with Gasteiger partial charge < -0.3 is 10.1 Å². The molecular weight excluding hydrogens is 373 g/mol. The minimum absolute atomic E-state index is 0.130. The highest BCUT2D eigenvalue weighted by atomic mass is 35.5. The number of carbonyl (C=O) groups excluding carboxylic acids is 1. The van der Waals surface area contributed by atoms with Crippen molar-refractivity contribution >= 4 is 23.2 Å². The molecular formula is C18H17ClFN5O2. The molecule has 140 valence electrons. The highest BCUT2D eigenvalue weighted by Crippen LogP contribution is 2.26. The van der Waals surface area contributed by atoms with Gasteiger partial charge in [-0.15, -0.1) is 5.10 Å². The molecule has 1 atom stereocenters. The molecule has 1 heterocycles. The Bertz CT molecular complexity index is 992. The van der Waals surface area contributed by atoms with E-state index in [2.05, 4.69) is 20.8 Å². The SMILES string of the molecule is Cc1ccc(Cl)c(OC(C)C(=O)Nc2ccc(F)c(-n3nnnc3C)c2)c1. The lowest BCUT2D eigenvalue weighted by Gasteiger charge is -2.16. The quantitative estimate of drug-likeness (QED) is 0.722. The van der Waals surface area contributed by atoms with Crippen molar-refractivity contribution in [2.45, 2.75) is 26.9 Å². The summed E-state index contributed by atoms with van der Waals surface area (Å²) in [7, 11) is 0. The van der Waals surface area contributed by atoms with Gasteiger partial charge in [0.05, 0.1) is 5.02 Å². The van der Waals surface area contributed by atoms with E-state index in [0.717, 1.165) is 5.56 Å². The normalized spacial score (nSPS) is 11.9. The standard InChI is InChI=1S/C18H17ClFN5O2/c1-10-4-6-14(19)17(8-10)27-11(2)18(26)21-13-5-7-15(20)16(9-13)25-12(3)22-23-24-25/h4-9,11H,1-3H3,(H,21,26). The maximum atomic E-state index is 14.1. The summed E-state index contributed by atoms with van der Waals surface area (Å²) in [5.74, 6) is -0.0793. The van der Waals surface area contributed by atoms with Crippen molar-refractivity contribution in [3.63, 3.8) is 0 Å². The fraction of sp³-hybridized carbons (Fsp3) is 0.222. The average molecular weight is 390 g/mol. The van der Waals surface area contributed by atoms with Gasteiger partial charge in [0.2, 0.25) is 0 Å². The summed E-state index contributed by atoms with van der Waals surface area (Å²) in [5, 5.41) is 14.1. The summed E-state index contributed by atoms with van der Waals surface area (Å²) in [6, 6.07) is 9.43. The number of tetrazole rings is 1. The number of aryl methyl sites for hydroxylation is 2. The first-order chi connectivity index (χ1) is 12.8. The number of carbonyl (C=O) groups is 1. The minimum atomic E-state index is -0.812. The van der Waals surface area contributed by atoms with Crippen molar-refractivity contribution in [1.82, 2.24) is 20.2 Å². The number of rotatable bonds is 5. The first-order valence-corrected chi connectivity index (χ1v) is 8.51. The predicted octanol–water partition coefficient (Wildman–Crippen LogP) is 3.48. The van der Waals surface area contributed by atoms with E-state index in [1.807, 2.05) is 13.0 Å². The van der Waals surface area contributed by atoms with Crippen LogP contribution in [0.2, 0.25) is 5.02 Å². The van der Waals surface area contributed by atoms with Crippen LogP contribution in [0, 0.1) is 19.7 Å².